The van der Waals surface area contributed by atoms with Crippen molar-refractivity contribution in [1.29, 1.82) is 5.26 Å². The van der Waals surface area contributed by atoms with Gasteiger partial charge in [0.25, 0.3) is 0 Å². The summed E-state index contributed by atoms with van der Waals surface area (Å²) in [6.45, 7) is -0.425. The molecule has 11 heteroatoms. The molecule has 0 aliphatic heterocycles. The largest absolute Gasteiger partial charge is 0.509 e. The number of hydrogen-bond acceptors (Lipinski definition) is 10. The van der Waals surface area contributed by atoms with Crippen molar-refractivity contribution in [2.75, 3.05) is 12.3 Å². The first-order chi connectivity index (χ1) is 14.7. The van der Waals surface area contributed by atoms with Crippen LogP contribution in [0.25, 0.3) is 0 Å². The normalized spacial score (nSPS) is 21.5. The van der Waals surface area contributed by atoms with E-state index in [0.29, 0.717) is 5.56 Å². The number of nitrogen functional groups attached to an aromatic ring is 1. The van der Waals surface area contributed by atoms with Gasteiger partial charge in [-0.1, -0.05) is 12.1 Å². The minimum absolute atomic E-state index is 0.0595. The van der Waals surface area contributed by atoms with Crippen LogP contribution in [0.2, 0.25) is 0 Å². The highest BCUT2D eigenvalue weighted by Crippen LogP contribution is 2.39. The molecule has 0 fully saturated rings. The van der Waals surface area contributed by atoms with Crippen molar-refractivity contribution in [3.05, 3.63) is 63.9 Å². The summed E-state index contributed by atoms with van der Waals surface area (Å²) in [6, 6.07) is 8.29. The van der Waals surface area contributed by atoms with E-state index in [0.717, 1.165) is 4.57 Å². The number of aliphatic hydroxyl groups is 2. The van der Waals surface area contributed by atoms with Gasteiger partial charge in [-0.15, -0.1) is 0 Å². The van der Waals surface area contributed by atoms with E-state index in [2.05, 4.69) is 4.98 Å². The van der Waals surface area contributed by atoms with Gasteiger partial charge in [-0.25, -0.2) is 4.79 Å². The molecule has 11 nitrogen and oxygen atoms in total. The highest BCUT2D eigenvalue weighted by atomic mass is 16.5. The summed E-state index contributed by atoms with van der Waals surface area (Å²) >= 11 is 0. The molecule has 162 valence electrons. The van der Waals surface area contributed by atoms with E-state index in [-0.39, 0.29) is 30.0 Å². The molecule has 1 aromatic carbocycles. The predicted octanol–water partition coefficient (Wildman–Crippen LogP) is -0.560. The fourth-order valence-corrected chi connectivity index (χ4v) is 3.38. The molecule has 31 heavy (non-hydrogen) atoms. The van der Waals surface area contributed by atoms with Gasteiger partial charge in [-0.05, 0) is 30.2 Å². The molecule has 1 heterocycles. The number of hydrogen-bond donors (Lipinski definition) is 5. The summed E-state index contributed by atoms with van der Waals surface area (Å²) in [7, 11) is 0. The van der Waals surface area contributed by atoms with Crippen molar-refractivity contribution in [2.45, 2.75) is 30.5 Å². The van der Waals surface area contributed by atoms with Crippen molar-refractivity contribution in [3.63, 3.8) is 0 Å². The number of benzene rings is 1. The third-order valence-corrected chi connectivity index (χ3v) is 5.09. The van der Waals surface area contributed by atoms with Crippen LogP contribution in [0.15, 0.2) is 52.7 Å². The molecular weight excluding hydrogens is 406 g/mol. The van der Waals surface area contributed by atoms with E-state index in [9.17, 15) is 30.2 Å². The quantitative estimate of drug-likeness (QED) is 0.372. The number of aromatic hydroxyl groups is 1. The van der Waals surface area contributed by atoms with E-state index in [1.807, 2.05) is 6.07 Å². The number of carbonyl (C=O) groups is 1. The number of aliphatic hydroxyl groups excluding tert-OH is 2. The van der Waals surface area contributed by atoms with Gasteiger partial charge in [0.1, 0.15) is 36.1 Å². The lowest BCUT2D eigenvalue weighted by Crippen LogP contribution is -2.47. The van der Waals surface area contributed by atoms with E-state index < -0.39 is 41.7 Å². The summed E-state index contributed by atoms with van der Waals surface area (Å²) in [5, 5.41) is 39.8. The third-order valence-electron chi connectivity index (χ3n) is 5.09. The van der Waals surface area contributed by atoms with Crippen LogP contribution in [0, 0.1) is 11.3 Å². The second-order valence-electron chi connectivity index (χ2n) is 7.19. The first-order valence-electron chi connectivity index (χ1n) is 9.24. The summed E-state index contributed by atoms with van der Waals surface area (Å²) in [6.07, 6.45) is -0.656. The molecule has 1 aromatic heterocycles. The lowest BCUT2D eigenvalue weighted by Gasteiger charge is -2.27. The molecule has 3 atom stereocenters. The van der Waals surface area contributed by atoms with Crippen LogP contribution in [0.1, 0.15) is 12.0 Å². The molecule has 7 N–H and O–H groups in total. The first kappa shape index (κ1) is 21.8. The zero-order chi connectivity index (χ0) is 22.8. The van der Waals surface area contributed by atoms with Crippen molar-refractivity contribution >= 4 is 11.8 Å². The average Bonchev–Trinajstić information content (AvgIpc) is 2.99. The zero-order valence-corrected chi connectivity index (χ0v) is 16.3. The first-order valence-corrected chi connectivity index (χ1v) is 9.24. The number of nitrogens with zero attached hydrogens (tertiary/aromatic N) is 3. The van der Waals surface area contributed by atoms with Gasteiger partial charge in [0.05, 0.1) is 6.07 Å². The molecule has 2 aromatic rings. The van der Waals surface area contributed by atoms with Crippen molar-refractivity contribution in [1.82, 2.24) is 9.55 Å². The smallest absolute Gasteiger partial charge is 0.350 e. The fraction of sp³-hybridized carbons (Fsp3) is 0.300. The number of phenols is 1. The summed E-state index contributed by atoms with van der Waals surface area (Å²) in [5.74, 6) is -1.30. The van der Waals surface area contributed by atoms with Gasteiger partial charge >= 0.3 is 11.7 Å². The van der Waals surface area contributed by atoms with Crippen LogP contribution >= 0.6 is 0 Å². The lowest BCUT2D eigenvalue weighted by atomic mass is 9.94. The van der Waals surface area contributed by atoms with E-state index in [1.165, 1.54) is 24.4 Å². The molecule has 1 aliphatic carbocycles. The number of esters is 1. The topological polar surface area (TPSA) is 198 Å². The Morgan fingerprint density at radius 1 is 1.35 bits per heavy atom. The Morgan fingerprint density at radius 3 is 2.65 bits per heavy atom. The highest BCUT2D eigenvalue weighted by Gasteiger charge is 2.50. The molecular formula is C20H21N5O6. The zero-order valence-electron chi connectivity index (χ0n) is 16.3. The Hall–Kier alpha value is -3.88. The van der Waals surface area contributed by atoms with Crippen LogP contribution in [0.3, 0.4) is 0 Å². The lowest BCUT2D eigenvalue weighted by molar-refractivity contribution is -0.144. The molecule has 0 bridgehead atoms. The Balaban J connectivity index is 1.70. The number of anilines is 1. The Kier molecular flexibility index (Phi) is 5.96. The van der Waals surface area contributed by atoms with Gasteiger partial charge in [0.15, 0.2) is 5.54 Å². The van der Waals surface area contributed by atoms with Crippen LogP contribution < -0.4 is 17.2 Å². The van der Waals surface area contributed by atoms with Crippen LogP contribution in [0.4, 0.5) is 5.82 Å². The van der Waals surface area contributed by atoms with Crippen LogP contribution in [-0.4, -0.2) is 49.6 Å². The Morgan fingerprint density at radius 2 is 2.03 bits per heavy atom. The molecule has 0 amide bonds. The number of ether oxygens (including phenoxy) is 1. The van der Waals surface area contributed by atoms with Gasteiger partial charge in [-0.2, -0.15) is 10.2 Å². The summed E-state index contributed by atoms with van der Waals surface area (Å²) in [4.78, 5) is 28.0. The maximum atomic E-state index is 12.2. The number of nitrogens with two attached hydrogens (primary N) is 2. The molecule has 1 aliphatic rings. The third kappa shape index (κ3) is 4.20. The number of aromatic nitrogens is 2. The second-order valence-corrected chi connectivity index (χ2v) is 7.19. The second kappa shape index (κ2) is 8.47. The average molecular weight is 427 g/mol. The molecule has 1 unspecified atom stereocenters. The van der Waals surface area contributed by atoms with Crippen LogP contribution in [0.5, 0.6) is 5.75 Å². The molecule has 0 saturated heterocycles. The Bertz CT molecular complexity index is 1120. The standard InChI is InChI=1S/C20H21N5O6/c21-10-20(25-6-5-15(23)24-19(25)30)8-12(16(27)17(20)28)9-31-18(29)14(22)7-11-1-3-13(26)4-2-11/h1-6,14,17,26-28H,7-9,22H2,(H2,23,24,30)/t14-,17?,20+/m1/s1. The van der Waals surface area contributed by atoms with Crippen molar-refractivity contribution in [2.24, 2.45) is 5.73 Å². The summed E-state index contributed by atoms with van der Waals surface area (Å²) < 4.78 is 6.04. The maximum Gasteiger partial charge on any atom is 0.350 e. The predicted molar refractivity (Wildman–Crippen MR) is 108 cm³/mol. The monoisotopic (exact) mass is 427 g/mol. The molecule has 0 saturated carbocycles. The van der Waals surface area contributed by atoms with Crippen LogP contribution in [-0.2, 0) is 21.5 Å². The minimum atomic E-state index is -1.86. The number of phenolic OH excluding ortho intramolecular Hbond substituents is 1. The van der Waals surface area contributed by atoms with E-state index in [1.54, 1.807) is 12.1 Å². The molecule has 3 rings (SSSR count). The van der Waals surface area contributed by atoms with Gasteiger partial charge < -0.3 is 31.5 Å². The van der Waals surface area contributed by atoms with Gasteiger partial charge in [-0.3, -0.25) is 9.36 Å². The van der Waals surface area contributed by atoms with Crippen molar-refractivity contribution in [3.8, 4) is 11.8 Å². The maximum absolute atomic E-state index is 12.2. The number of nitriles is 1. The van der Waals surface area contributed by atoms with Crippen molar-refractivity contribution < 1.29 is 24.9 Å². The van der Waals surface area contributed by atoms with Gasteiger partial charge in [0, 0.05) is 18.2 Å². The Labute approximate surface area is 176 Å². The van der Waals surface area contributed by atoms with E-state index in [4.69, 9.17) is 16.2 Å². The SMILES string of the molecule is N#C[C@@]1(n2ccc(N)nc2=O)CC(COC(=O)[C@H](N)Cc2ccc(O)cc2)=C(O)C1O. The summed E-state index contributed by atoms with van der Waals surface area (Å²) in [5.41, 5.74) is 9.36. The molecule has 0 radical (unpaired) electrons. The van der Waals surface area contributed by atoms with Gasteiger partial charge in [0.2, 0.25) is 0 Å². The number of rotatable bonds is 6. The molecule has 0 spiro atoms. The van der Waals surface area contributed by atoms with E-state index >= 15 is 0 Å². The highest BCUT2D eigenvalue weighted by molar-refractivity contribution is 5.76. The number of carbonyl (C=O) groups excluding carboxylic acids is 1. The minimum Gasteiger partial charge on any atom is -0.509 e. The fourth-order valence-electron chi connectivity index (χ4n) is 3.38.